The Labute approximate surface area is 96.1 Å². The van der Waals surface area contributed by atoms with Crippen LogP contribution >= 0.6 is 0 Å². The summed E-state index contributed by atoms with van der Waals surface area (Å²) in [5.74, 6) is 0. The summed E-state index contributed by atoms with van der Waals surface area (Å²) >= 11 is 0. The van der Waals surface area contributed by atoms with E-state index >= 15 is 0 Å². The standard InChI is InChI=1S/C14H14N2/c1-11-5-3-4-6-13(11)14-8-7-12(9-15)10-16(14)2/h3-8,10,14H,1-2H3. The van der Waals surface area contributed by atoms with Crippen molar-refractivity contribution in [2.45, 2.75) is 13.0 Å². The molecule has 0 N–H and O–H groups in total. The van der Waals surface area contributed by atoms with E-state index in [2.05, 4.69) is 36.1 Å². The Hall–Kier alpha value is -2.01. The molecular weight excluding hydrogens is 196 g/mol. The van der Waals surface area contributed by atoms with E-state index in [1.165, 1.54) is 11.1 Å². The Morgan fingerprint density at radius 3 is 2.69 bits per heavy atom. The lowest BCUT2D eigenvalue weighted by Crippen LogP contribution is -2.20. The lowest BCUT2D eigenvalue weighted by molar-refractivity contribution is 0.386. The van der Waals surface area contributed by atoms with Crippen LogP contribution in [0.3, 0.4) is 0 Å². The van der Waals surface area contributed by atoms with Gasteiger partial charge < -0.3 is 4.90 Å². The van der Waals surface area contributed by atoms with Gasteiger partial charge in [0.25, 0.3) is 0 Å². The Bertz CT molecular complexity index is 492. The molecule has 1 heterocycles. The molecule has 80 valence electrons. The summed E-state index contributed by atoms with van der Waals surface area (Å²) < 4.78 is 0. The molecule has 1 aliphatic rings. The normalized spacial score (nSPS) is 19.2. The summed E-state index contributed by atoms with van der Waals surface area (Å²) in [5, 5.41) is 8.82. The number of nitrogens with zero attached hydrogens (tertiary/aromatic N) is 2. The van der Waals surface area contributed by atoms with Gasteiger partial charge >= 0.3 is 0 Å². The number of benzene rings is 1. The molecule has 0 spiro atoms. The fraction of sp³-hybridized carbons (Fsp3) is 0.214. The van der Waals surface area contributed by atoms with Crippen molar-refractivity contribution in [3.8, 4) is 6.07 Å². The first kappa shape index (κ1) is 10.5. The monoisotopic (exact) mass is 210 g/mol. The Kier molecular flexibility index (Phi) is 2.78. The number of hydrogen-bond donors (Lipinski definition) is 0. The zero-order chi connectivity index (χ0) is 11.5. The largest absolute Gasteiger partial charge is 0.369 e. The van der Waals surface area contributed by atoms with Crippen LogP contribution in [0.4, 0.5) is 0 Å². The molecule has 0 saturated carbocycles. The lowest BCUT2D eigenvalue weighted by Gasteiger charge is -2.28. The highest BCUT2D eigenvalue weighted by Gasteiger charge is 2.16. The number of nitriles is 1. The zero-order valence-corrected chi connectivity index (χ0v) is 9.51. The number of hydrogen-bond acceptors (Lipinski definition) is 2. The van der Waals surface area contributed by atoms with Gasteiger partial charge in [0.05, 0.1) is 11.6 Å². The first-order chi connectivity index (χ1) is 7.72. The van der Waals surface area contributed by atoms with Gasteiger partial charge in [0.2, 0.25) is 0 Å². The molecule has 0 bridgehead atoms. The number of allylic oxidation sites excluding steroid dienone is 2. The van der Waals surface area contributed by atoms with Crippen LogP contribution in [-0.4, -0.2) is 11.9 Å². The van der Waals surface area contributed by atoms with Crippen LogP contribution in [0.2, 0.25) is 0 Å². The van der Waals surface area contributed by atoms with Crippen LogP contribution in [0.1, 0.15) is 17.2 Å². The SMILES string of the molecule is Cc1ccccc1C1C=CC(C#N)=CN1C. The van der Waals surface area contributed by atoms with Crippen molar-refractivity contribution in [3.05, 3.63) is 59.3 Å². The van der Waals surface area contributed by atoms with Crippen molar-refractivity contribution in [1.82, 2.24) is 4.90 Å². The second kappa shape index (κ2) is 4.24. The Morgan fingerprint density at radius 1 is 1.31 bits per heavy atom. The van der Waals surface area contributed by atoms with Crippen molar-refractivity contribution in [1.29, 1.82) is 5.26 Å². The maximum Gasteiger partial charge on any atom is 0.101 e. The minimum absolute atomic E-state index is 0.235. The fourth-order valence-electron chi connectivity index (χ4n) is 1.98. The van der Waals surface area contributed by atoms with E-state index in [9.17, 15) is 0 Å². The Balaban J connectivity index is 2.33. The molecule has 2 nitrogen and oxygen atoms in total. The summed E-state index contributed by atoms with van der Waals surface area (Å²) in [5.41, 5.74) is 3.26. The zero-order valence-electron chi connectivity index (χ0n) is 9.51. The third-order valence-corrected chi connectivity index (χ3v) is 2.88. The molecule has 1 aromatic rings. The number of rotatable bonds is 1. The molecule has 2 rings (SSSR count). The van der Waals surface area contributed by atoms with Gasteiger partial charge in [-0.1, -0.05) is 30.3 Å². The van der Waals surface area contributed by atoms with Crippen LogP contribution in [0, 0.1) is 18.3 Å². The maximum absolute atomic E-state index is 8.82. The molecule has 1 aromatic carbocycles. The first-order valence-electron chi connectivity index (χ1n) is 5.30. The quantitative estimate of drug-likeness (QED) is 0.712. The maximum atomic E-state index is 8.82. The van der Waals surface area contributed by atoms with E-state index in [1.54, 1.807) is 0 Å². The molecule has 1 atom stereocenters. The highest BCUT2D eigenvalue weighted by atomic mass is 15.1. The smallest absolute Gasteiger partial charge is 0.101 e. The van der Waals surface area contributed by atoms with Crippen LogP contribution in [0.25, 0.3) is 0 Å². The minimum Gasteiger partial charge on any atom is -0.369 e. The molecule has 2 heteroatoms. The van der Waals surface area contributed by atoms with Crippen molar-refractivity contribution in [3.63, 3.8) is 0 Å². The molecular formula is C14H14N2. The molecule has 1 aliphatic heterocycles. The molecule has 0 saturated heterocycles. The van der Waals surface area contributed by atoms with E-state index in [0.717, 1.165) is 0 Å². The van der Waals surface area contributed by atoms with Gasteiger partial charge in [-0.05, 0) is 24.1 Å². The number of likely N-dealkylation sites (N-methyl/N-ethyl adjacent to an activating group) is 1. The summed E-state index contributed by atoms with van der Waals surface area (Å²) in [6, 6.07) is 10.7. The molecule has 0 aliphatic carbocycles. The van der Waals surface area contributed by atoms with Gasteiger partial charge in [-0.15, -0.1) is 0 Å². The fourth-order valence-corrected chi connectivity index (χ4v) is 1.98. The van der Waals surface area contributed by atoms with Crippen molar-refractivity contribution < 1.29 is 0 Å². The Morgan fingerprint density at radius 2 is 2.06 bits per heavy atom. The van der Waals surface area contributed by atoms with Gasteiger partial charge in [0.1, 0.15) is 6.07 Å². The van der Waals surface area contributed by atoms with Gasteiger partial charge in [-0.3, -0.25) is 0 Å². The summed E-state index contributed by atoms with van der Waals surface area (Å²) in [6.07, 6.45) is 5.84. The third kappa shape index (κ3) is 1.85. The molecule has 0 fully saturated rings. The van der Waals surface area contributed by atoms with Crippen LogP contribution in [0.5, 0.6) is 0 Å². The minimum atomic E-state index is 0.235. The summed E-state index contributed by atoms with van der Waals surface area (Å²) in [6.45, 7) is 2.11. The third-order valence-electron chi connectivity index (χ3n) is 2.88. The molecule has 0 aromatic heterocycles. The number of aryl methyl sites for hydroxylation is 1. The average Bonchev–Trinajstić information content (AvgIpc) is 2.30. The van der Waals surface area contributed by atoms with Crippen molar-refractivity contribution in [2.24, 2.45) is 0 Å². The second-order valence-corrected chi connectivity index (χ2v) is 4.02. The van der Waals surface area contributed by atoms with E-state index in [4.69, 9.17) is 5.26 Å². The highest BCUT2D eigenvalue weighted by Crippen LogP contribution is 2.27. The van der Waals surface area contributed by atoms with Gasteiger partial charge in [0.15, 0.2) is 0 Å². The van der Waals surface area contributed by atoms with Gasteiger partial charge in [-0.25, -0.2) is 0 Å². The highest BCUT2D eigenvalue weighted by molar-refractivity contribution is 5.40. The van der Waals surface area contributed by atoms with Gasteiger partial charge in [0, 0.05) is 13.2 Å². The van der Waals surface area contributed by atoms with E-state index in [1.807, 2.05) is 31.5 Å². The molecule has 16 heavy (non-hydrogen) atoms. The van der Waals surface area contributed by atoms with Crippen LogP contribution < -0.4 is 0 Å². The predicted octanol–water partition coefficient (Wildman–Crippen LogP) is 2.95. The topological polar surface area (TPSA) is 27.0 Å². The van der Waals surface area contributed by atoms with Crippen molar-refractivity contribution >= 4 is 0 Å². The van der Waals surface area contributed by atoms with E-state index in [-0.39, 0.29) is 6.04 Å². The average molecular weight is 210 g/mol. The van der Waals surface area contributed by atoms with E-state index in [0.29, 0.717) is 5.57 Å². The summed E-state index contributed by atoms with van der Waals surface area (Å²) in [7, 11) is 2.00. The molecule has 1 unspecified atom stereocenters. The summed E-state index contributed by atoms with van der Waals surface area (Å²) in [4.78, 5) is 2.07. The van der Waals surface area contributed by atoms with Crippen molar-refractivity contribution in [2.75, 3.05) is 7.05 Å². The molecule has 0 amide bonds. The van der Waals surface area contributed by atoms with Crippen LogP contribution in [-0.2, 0) is 0 Å². The molecule has 0 radical (unpaired) electrons. The van der Waals surface area contributed by atoms with Crippen LogP contribution in [0.15, 0.2) is 48.2 Å². The predicted molar refractivity (Wildman–Crippen MR) is 64.5 cm³/mol. The van der Waals surface area contributed by atoms with Gasteiger partial charge in [-0.2, -0.15) is 5.26 Å². The lowest BCUT2D eigenvalue weighted by atomic mass is 9.97. The van der Waals surface area contributed by atoms with E-state index < -0.39 is 0 Å². The second-order valence-electron chi connectivity index (χ2n) is 4.02. The first-order valence-corrected chi connectivity index (χ1v) is 5.30.